The third-order valence-corrected chi connectivity index (χ3v) is 3.08. The fourth-order valence-corrected chi connectivity index (χ4v) is 2.36. The highest BCUT2D eigenvalue weighted by molar-refractivity contribution is 4.90. The lowest BCUT2D eigenvalue weighted by molar-refractivity contribution is 0.157. The van der Waals surface area contributed by atoms with E-state index < -0.39 is 0 Å². The first-order valence-electron chi connectivity index (χ1n) is 4.82. The molecule has 0 spiro atoms. The number of hydrogen-bond acceptors (Lipinski definition) is 3. The summed E-state index contributed by atoms with van der Waals surface area (Å²) in [7, 11) is 1.78. The van der Waals surface area contributed by atoms with Gasteiger partial charge in [-0.05, 0) is 24.9 Å². The van der Waals surface area contributed by atoms with Crippen molar-refractivity contribution >= 4 is 0 Å². The van der Waals surface area contributed by atoms with Gasteiger partial charge in [-0.25, -0.2) is 0 Å². The molecular formula is C9H18N2O. The molecule has 2 heterocycles. The first kappa shape index (κ1) is 8.48. The molecule has 2 fully saturated rings. The zero-order valence-corrected chi connectivity index (χ0v) is 7.75. The van der Waals surface area contributed by atoms with Gasteiger partial charge in [0.25, 0.3) is 0 Å². The van der Waals surface area contributed by atoms with Crippen molar-refractivity contribution in [1.82, 2.24) is 10.2 Å². The van der Waals surface area contributed by atoms with Crippen molar-refractivity contribution in [3.8, 4) is 0 Å². The standard InChI is InChI=1S/C9H18N2O/c1-12-3-2-11-6-8-4-10-5-9(8)7-11/h8-10H,2-7H2,1H3. The third-order valence-electron chi connectivity index (χ3n) is 3.08. The Labute approximate surface area is 74.1 Å². The Kier molecular flexibility index (Phi) is 2.63. The fraction of sp³-hybridized carbons (Fsp3) is 1.00. The monoisotopic (exact) mass is 170 g/mol. The zero-order chi connectivity index (χ0) is 8.39. The number of likely N-dealkylation sites (tertiary alicyclic amines) is 1. The number of rotatable bonds is 3. The van der Waals surface area contributed by atoms with Crippen LogP contribution in [-0.2, 0) is 4.74 Å². The molecule has 3 heteroatoms. The highest BCUT2D eigenvalue weighted by atomic mass is 16.5. The highest BCUT2D eigenvalue weighted by Crippen LogP contribution is 2.25. The van der Waals surface area contributed by atoms with E-state index in [1.54, 1.807) is 7.11 Å². The van der Waals surface area contributed by atoms with Crippen LogP contribution < -0.4 is 5.32 Å². The van der Waals surface area contributed by atoms with Crippen LogP contribution in [0.25, 0.3) is 0 Å². The van der Waals surface area contributed by atoms with Gasteiger partial charge in [0.05, 0.1) is 6.61 Å². The average Bonchev–Trinajstić information content (AvgIpc) is 2.58. The van der Waals surface area contributed by atoms with E-state index in [0.29, 0.717) is 0 Å². The van der Waals surface area contributed by atoms with Gasteiger partial charge in [0.15, 0.2) is 0 Å². The van der Waals surface area contributed by atoms with Gasteiger partial charge in [-0.15, -0.1) is 0 Å². The number of ether oxygens (including phenoxy) is 1. The molecule has 0 bridgehead atoms. The Morgan fingerprint density at radius 1 is 1.33 bits per heavy atom. The second kappa shape index (κ2) is 3.73. The molecule has 0 amide bonds. The second-order valence-corrected chi connectivity index (χ2v) is 3.93. The van der Waals surface area contributed by atoms with Gasteiger partial charge in [-0.2, -0.15) is 0 Å². The van der Waals surface area contributed by atoms with Gasteiger partial charge >= 0.3 is 0 Å². The molecule has 70 valence electrons. The Hall–Kier alpha value is -0.120. The average molecular weight is 170 g/mol. The van der Waals surface area contributed by atoms with E-state index in [-0.39, 0.29) is 0 Å². The maximum absolute atomic E-state index is 5.07. The van der Waals surface area contributed by atoms with E-state index in [4.69, 9.17) is 4.74 Å². The van der Waals surface area contributed by atoms with Crippen molar-refractivity contribution < 1.29 is 4.74 Å². The molecule has 0 aromatic heterocycles. The quantitative estimate of drug-likeness (QED) is 0.634. The largest absolute Gasteiger partial charge is 0.383 e. The summed E-state index contributed by atoms with van der Waals surface area (Å²) in [5.74, 6) is 1.84. The Balaban J connectivity index is 1.75. The molecule has 0 saturated carbocycles. The normalized spacial score (nSPS) is 35.8. The van der Waals surface area contributed by atoms with Crippen LogP contribution >= 0.6 is 0 Å². The highest BCUT2D eigenvalue weighted by Gasteiger charge is 2.35. The summed E-state index contributed by atoms with van der Waals surface area (Å²) in [4.78, 5) is 2.53. The van der Waals surface area contributed by atoms with Crippen LogP contribution in [0.15, 0.2) is 0 Å². The first-order chi connectivity index (χ1) is 5.90. The number of nitrogens with zero attached hydrogens (tertiary/aromatic N) is 1. The van der Waals surface area contributed by atoms with Crippen LogP contribution in [0.2, 0.25) is 0 Å². The summed E-state index contributed by atoms with van der Waals surface area (Å²) >= 11 is 0. The zero-order valence-electron chi connectivity index (χ0n) is 7.75. The van der Waals surface area contributed by atoms with Crippen LogP contribution in [0.1, 0.15) is 0 Å². The number of nitrogens with one attached hydrogen (secondary N) is 1. The molecule has 2 atom stereocenters. The molecule has 2 rings (SSSR count). The number of methoxy groups -OCH3 is 1. The molecule has 1 N–H and O–H groups in total. The summed E-state index contributed by atoms with van der Waals surface area (Å²) in [5, 5.41) is 3.44. The Morgan fingerprint density at radius 3 is 2.58 bits per heavy atom. The summed E-state index contributed by atoms with van der Waals surface area (Å²) in [6.07, 6.45) is 0. The predicted octanol–water partition coefficient (Wildman–Crippen LogP) is -0.216. The van der Waals surface area contributed by atoms with Crippen molar-refractivity contribution in [2.45, 2.75) is 0 Å². The summed E-state index contributed by atoms with van der Waals surface area (Å²) in [5.41, 5.74) is 0. The van der Waals surface area contributed by atoms with Crippen molar-refractivity contribution in [2.75, 3.05) is 46.4 Å². The fourth-order valence-electron chi connectivity index (χ4n) is 2.36. The van der Waals surface area contributed by atoms with Crippen LogP contribution in [-0.4, -0.2) is 51.3 Å². The Morgan fingerprint density at radius 2 is 2.00 bits per heavy atom. The molecular weight excluding hydrogens is 152 g/mol. The molecule has 0 aromatic carbocycles. The number of hydrogen-bond donors (Lipinski definition) is 1. The summed E-state index contributed by atoms with van der Waals surface area (Å²) < 4.78 is 5.07. The van der Waals surface area contributed by atoms with E-state index >= 15 is 0 Å². The van der Waals surface area contributed by atoms with Crippen molar-refractivity contribution in [1.29, 1.82) is 0 Å². The van der Waals surface area contributed by atoms with Crippen LogP contribution in [0.4, 0.5) is 0 Å². The molecule has 2 aliphatic heterocycles. The van der Waals surface area contributed by atoms with E-state index in [1.807, 2.05) is 0 Å². The lowest BCUT2D eigenvalue weighted by atomic mass is 10.0. The molecule has 2 aliphatic rings. The minimum Gasteiger partial charge on any atom is -0.383 e. The smallest absolute Gasteiger partial charge is 0.0589 e. The number of fused-ring (bicyclic) bond motifs is 1. The SMILES string of the molecule is COCCN1CC2CNCC2C1. The van der Waals surface area contributed by atoms with E-state index in [2.05, 4.69) is 10.2 Å². The second-order valence-electron chi connectivity index (χ2n) is 3.93. The van der Waals surface area contributed by atoms with Gasteiger partial charge in [-0.1, -0.05) is 0 Å². The lowest BCUT2D eigenvalue weighted by Crippen LogP contribution is -2.28. The maximum atomic E-state index is 5.07. The van der Waals surface area contributed by atoms with Crippen molar-refractivity contribution in [3.05, 3.63) is 0 Å². The molecule has 2 saturated heterocycles. The minimum atomic E-state index is 0.882. The molecule has 3 nitrogen and oxygen atoms in total. The molecule has 0 aliphatic carbocycles. The summed E-state index contributed by atoms with van der Waals surface area (Å²) in [6.45, 7) is 7.01. The van der Waals surface area contributed by atoms with Crippen molar-refractivity contribution in [2.24, 2.45) is 11.8 Å². The maximum Gasteiger partial charge on any atom is 0.0589 e. The first-order valence-corrected chi connectivity index (χ1v) is 4.82. The topological polar surface area (TPSA) is 24.5 Å². The van der Waals surface area contributed by atoms with Gasteiger partial charge in [0.1, 0.15) is 0 Å². The van der Waals surface area contributed by atoms with Crippen LogP contribution in [0, 0.1) is 11.8 Å². The third kappa shape index (κ3) is 1.63. The van der Waals surface area contributed by atoms with Crippen molar-refractivity contribution in [3.63, 3.8) is 0 Å². The van der Waals surface area contributed by atoms with Gasteiger partial charge in [-0.3, -0.25) is 0 Å². The van der Waals surface area contributed by atoms with E-state index in [0.717, 1.165) is 25.0 Å². The van der Waals surface area contributed by atoms with Crippen LogP contribution in [0.5, 0.6) is 0 Å². The van der Waals surface area contributed by atoms with Crippen LogP contribution in [0.3, 0.4) is 0 Å². The lowest BCUT2D eigenvalue weighted by Gasteiger charge is -2.15. The van der Waals surface area contributed by atoms with Gasteiger partial charge in [0, 0.05) is 26.7 Å². The molecule has 2 unspecified atom stereocenters. The van der Waals surface area contributed by atoms with E-state index in [1.165, 1.54) is 26.2 Å². The molecule has 0 radical (unpaired) electrons. The summed E-state index contributed by atoms with van der Waals surface area (Å²) in [6, 6.07) is 0. The van der Waals surface area contributed by atoms with Gasteiger partial charge < -0.3 is 15.0 Å². The van der Waals surface area contributed by atoms with E-state index in [9.17, 15) is 0 Å². The minimum absolute atomic E-state index is 0.882. The molecule has 12 heavy (non-hydrogen) atoms. The Bertz CT molecular complexity index is 139. The predicted molar refractivity (Wildman–Crippen MR) is 48.2 cm³/mol. The molecule has 0 aromatic rings. The van der Waals surface area contributed by atoms with Gasteiger partial charge in [0.2, 0.25) is 0 Å².